The maximum atomic E-state index is 14.0. The highest BCUT2D eigenvalue weighted by Crippen LogP contribution is 2.37. The Bertz CT molecular complexity index is 1810. The van der Waals surface area contributed by atoms with Gasteiger partial charge in [0.2, 0.25) is 5.91 Å². The molecule has 0 bridgehead atoms. The third kappa shape index (κ3) is 7.32. The Hall–Kier alpha value is -4.72. The number of carbonyl (C=O) groups excluding carboxylic acids is 2. The van der Waals surface area contributed by atoms with E-state index in [2.05, 4.69) is 25.1 Å². The number of thioether (sulfide) groups is 1. The van der Waals surface area contributed by atoms with Gasteiger partial charge in [-0.25, -0.2) is 18.9 Å². The maximum Gasteiger partial charge on any atom is 0.573 e. The van der Waals surface area contributed by atoms with Gasteiger partial charge in [-0.15, -0.1) is 18.3 Å². The van der Waals surface area contributed by atoms with Crippen LogP contribution >= 0.6 is 11.8 Å². The summed E-state index contributed by atoms with van der Waals surface area (Å²) >= 11 is 1.18. The van der Waals surface area contributed by atoms with Gasteiger partial charge in [0.15, 0.2) is 11.0 Å². The van der Waals surface area contributed by atoms with E-state index in [4.69, 9.17) is 0 Å². The lowest BCUT2D eigenvalue weighted by Crippen LogP contribution is -2.37. The summed E-state index contributed by atoms with van der Waals surface area (Å²) in [6.45, 7) is 3.82. The highest BCUT2D eigenvalue weighted by atomic mass is 32.2. The van der Waals surface area contributed by atoms with E-state index >= 15 is 0 Å². The summed E-state index contributed by atoms with van der Waals surface area (Å²) in [5.74, 6) is -0.369. The number of rotatable bonds is 7. The molecule has 1 aliphatic carbocycles. The first kappa shape index (κ1) is 32.2. The first-order chi connectivity index (χ1) is 22.4. The summed E-state index contributed by atoms with van der Waals surface area (Å²) in [4.78, 5) is 36.0. The standard InChI is InChI=1S/C33H30F4N6O3S/c1-19(2)26-16-22(34)10-15-28(26)43-29(44)17-47-32(43)40-31(45)39-27-5-3-4-25(27)20-6-8-21(9-7-20)30-38-18-42(41-30)23-11-13-24(14-12-23)46-33(35,36)37/h6-16,18-19,25,27H,3-5,17H2,1-2H3,(H,39,45). The molecule has 47 heavy (non-hydrogen) atoms. The molecule has 1 saturated carbocycles. The van der Waals surface area contributed by atoms with Crippen LogP contribution in [0.3, 0.4) is 0 Å². The molecule has 1 saturated heterocycles. The third-order valence-corrected chi connectivity index (χ3v) is 8.99. The zero-order chi connectivity index (χ0) is 33.3. The summed E-state index contributed by atoms with van der Waals surface area (Å²) in [6.07, 6.45) is -0.736. The number of carbonyl (C=O) groups is 2. The quantitative estimate of drug-likeness (QED) is 0.204. The van der Waals surface area contributed by atoms with Gasteiger partial charge in [0.1, 0.15) is 17.9 Å². The molecule has 9 nitrogen and oxygen atoms in total. The van der Waals surface area contributed by atoms with Gasteiger partial charge in [-0.3, -0.25) is 9.69 Å². The molecule has 3 amide bonds. The van der Waals surface area contributed by atoms with Crippen molar-refractivity contribution in [2.75, 3.05) is 10.7 Å². The summed E-state index contributed by atoms with van der Waals surface area (Å²) in [5, 5.41) is 7.76. The molecule has 4 aromatic rings. The molecule has 1 N–H and O–H groups in total. The molecule has 0 radical (unpaired) electrons. The molecule has 2 aliphatic rings. The number of aliphatic imine (C=N–C) groups is 1. The van der Waals surface area contributed by atoms with Crippen molar-refractivity contribution in [2.45, 2.75) is 57.3 Å². The van der Waals surface area contributed by atoms with Crippen LogP contribution in [0.5, 0.6) is 5.75 Å². The predicted molar refractivity (Wildman–Crippen MR) is 170 cm³/mol. The number of aromatic nitrogens is 3. The van der Waals surface area contributed by atoms with Crippen molar-refractivity contribution in [1.82, 2.24) is 20.1 Å². The number of anilines is 1. The number of hydrogen-bond donors (Lipinski definition) is 1. The van der Waals surface area contributed by atoms with Gasteiger partial charge in [0, 0.05) is 17.5 Å². The Morgan fingerprint density at radius 1 is 1.06 bits per heavy atom. The average molecular weight is 667 g/mol. The number of urea groups is 1. The Morgan fingerprint density at radius 3 is 2.51 bits per heavy atom. The molecular formula is C33H30F4N6O3S. The second kappa shape index (κ2) is 13.2. The van der Waals surface area contributed by atoms with E-state index in [0.29, 0.717) is 22.8 Å². The van der Waals surface area contributed by atoms with Crippen LogP contribution in [0.2, 0.25) is 0 Å². The van der Waals surface area contributed by atoms with Crippen LogP contribution < -0.4 is 15.0 Å². The number of amides is 3. The van der Waals surface area contributed by atoms with Gasteiger partial charge >= 0.3 is 12.4 Å². The van der Waals surface area contributed by atoms with Crippen LogP contribution in [0.25, 0.3) is 17.1 Å². The molecule has 1 aromatic heterocycles. The van der Waals surface area contributed by atoms with Crippen LogP contribution in [0.1, 0.15) is 56.1 Å². The van der Waals surface area contributed by atoms with Crippen LogP contribution in [-0.4, -0.2) is 50.0 Å². The number of hydrogen-bond acceptors (Lipinski definition) is 6. The number of benzene rings is 3. The minimum Gasteiger partial charge on any atom is -0.406 e. The Morgan fingerprint density at radius 2 is 1.81 bits per heavy atom. The zero-order valence-electron chi connectivity index (χ0n) is 25.4. The fourth-order valence-electron chi connectivity index (χ4n) is 5.88. The van der Waals surface area contributed by atoms with E-state index in [1.165, 1.54) is 64.1 Å². The highest BCUT2D eigenvalue weighted by molar-refractivity contribution is 8.15. The Balaban J connectivity index is 1.13. The fourth-order valence-corrected chi connectivity index (χ4v) is 6.74. The second-order valence-electron chi connectivity index (χ2n) is 11.5. The minimum atomic E-state index is -4.77. The number of nitrogens with one attached hydrogen (secondary N) is 1. The summed E-state index contributed by atoms with van der Waals surface area (Å²) in [6, 6.07) is 16.6. The Kier molecular flexibility index (Phi) is 9.04. The number of ether oxygens (including phenoxy) is 1. The van der Waals surface area contributed by atoms with Crippen LogP contribution in [0.15, 0.2) is 78.0 Å². The molecule has 2 unspecified atom stereocenters. The lowest BCUT2D eigenvalue weighted by Gasteiger charge is -2.23. The van der Waals surface area contributed by atoms with Crippen molar-refractivity contribution >= 4 is 34.6 Å². The van der Waals surface area contributed by atoms with Gasteiger partial charge in [-0.1, -0.05) is 56.3 Å². The van der Waals surface area contributed by atoms with Crippen molar-refractivity contribution < 1.29 is 31.9 Å². The molecule has 14 heteroatoms. The van der Waals surface area contributed by atoms with Crippen molar-refractivity contribution in [2.24, 2.45) is 4.99 Å². The van der Waals surface area contributed by atoms with Gasteiger partial charge in [0.25, 0.3) is 0 Å². The maximum absolute atomic E-state index is 14.0. The van der Waals surface area contributed by atoms with Crippen molar-refractivity contribution in [1.29, 1.82) is 0 Å². The van der Waals surface area contributed by atoms with E-state index < -0.39 is 18.2 Å². The molecule has 0 spiro atoms. The third-order valence-electron chi connectivity index (χ3n) is 8.06. The fraction of sp³-hybridized carbons (Fsp3) is 0.303. The van der Waals surface area contributed by atoms with Gasteiger partial charge < -0.3 is 10.1 Å². The van der Waals surface area contributed by atoms with Gasteiger partial charge in [0.05, 0.1) is 17.1 Å². The van der Waals surface area contributed by atoms with E-state index in [1.54, 1.807) is 6.07 Å². The van der Waals surface area contributed by atoms with Crippen LogP contribution in [0.4, 0.5) is 28.0 Å². The first-order valence-corrected chi connectivity index (χ1v) is 16.0. The first-order valence-electron chi connectivity index (χ1n) is 15.0. The van der Waals surface area contributed by atoms with Crippen molar-refractivity contribution in [3.63, 3.8) is 0 Å². The van der Waals surface area contributed by atoms with Gasteiger partial charge in [-0.2, -0.15) is 4.99 Å². The molecule has 244 valence electrons. The highest BCUT2D eigenvalue weighted by Gasteiger charge is 2.34. The monoisotopic (exact) mass is 666 g/mol. The number of alkyl halides is 3. The molecule has 3 aromatic carbocycles. The molecular weight excluding hydrogens is 636 g/mol. The van der Waals surface area contributed by atoms with Crippen LogP contribution in [-0.2, 0) is 4.79 Å². The molecule has 6 rings (SSSR count). The van der Waals surface area contributed by atoms with Crippen molar-refractivity contribution in [3.05, 3.63) is 90.0 Å². The minimum absolute atomic E-state index is 0.0474. The largest absolute Gasteiger partial charge is 0.573 e. The number of nitrogens with zero attached hydrogens (tertiary/aromatic N) is 5. The predicted octanol–water partition coefficient (Wildman–Crippen LogP) is 7.58. The summed E-state index contributed by atoms with van der Waals surface area (Å²) in [5.41, 5.74) is 3.48. The van der Waals surface area contributed by atoms with E-state index in [9.17, 15) is 27.2 Å². The van der Waals surface area contributed by atoms with E-state index in [-0.39, 0.29) is 40.5 Å². The normalized spacial score (nSPS) is 19.2. The van der Waals surface area contributed by atoms with Crippen molar-refractivity contribution in [3.8, 4) is 22.8 Å². The lowest BCUT2D eigenvalue weighted by molar-refractivity contribution is -0.274. The SMILES string of the molecule is CC(C)c1cc(F)ccc1N1C(=O)CSC1=NC(=O)NC1CCCC1c1ccc(-c2ncn(-c3ccc(OC(F)(F)F)cc3)n2)cc1. The number of halogens is 4. The molecule has 1 aliphatic heterocycles. The van der Waals surface area contributed by atoms with Gasteiger partial charge in [-0.05, 0) is 72.4 Å². The smallest absolute Gasteiger partial charge is 0.406 e. The van der Waals surface area contributed by atoms with Crippen LogP contribution in [0, 0.1) is 5.82 Å². The zero-order valence-corrected chi connectivity index (χ0v) is 26.2. The lowest BCUT2D eigenvalue weighted by atomic mass is 9.93. The Labute approximate surface area is 272 Å². The molecule has 2 fully saturated rings. The van der Waals surface area contributed by atoms with E-state index in [1.807, 2.05) is 38.1 Å². The summed E-state index contributed by atoms with van der Waals surface area (Å²) in [7, 11) is 0. The number of amidine groups is 1. The molecule has 2 heterocycles. The van der Waals surface area contributed by atoms with E-state index in [0.717, 1.165) is 30.4 Å². The average Bonchev–Trinajstić information content (AvgIpc) is 3.78. The molecule has 2 atom stereocenters. The topological polar surface area (TPSA) is 102 Å². The second-order valence-corrected chi connectivity index (χ2v) is 12.5. The summed E-state index contributed by atoms with van der Waals surface area (Å²) < 4.78 is 56.7.